The van der Waals surface area contributed by atoms with E-state index in [1.807, 2.05) is 36.4 Å². The van der Waals surface area contributed by atoms with Crippen LogP contribution in [0.1, 0.15) is 25.0 Å². The lowest BCUT2D eigenvalue weighted by molar-refractivity contribution is -0.136. The minimum absolute atomic E-state index is 0.320. The Labute approximate surface area is 145 Å². The summed E-state index contributed by atoms with van der Waals surface area (Å²) in [5.41, 5.74) is 2.37. The number of nitrogens with one attached hydrogen (secondary N) is 1. The molecule has 2 N–H and O–H groups in total. The zero-order valence-corrected chi connectivity index (χ0v) is 14.2. The van der Waals surface area contributed by atoms with Crippen LogP contribution < -0.4 is 10.2 Å². The fourth-order valence-electron chi connectivity index (χ4n) is 1.79. The van der Waals surface area contributed by atoms with E-state index in [1.165, 1.54) is 20.1 Å². The van der Waals surface area contributed by atoms with Crippen LogP contribution in [0.3, 0.4) is 0 Å². The average Bonchev–Trinajstić information content (AvgIpc) is 2.54. The van der Waals surface area contributed by atoms with Crippen molar-refractivity contribution >= 4 is 23.7 Å². The van der Waals surface area contributed by atoms with E-state index in [1.54, 1.807) is 12.1 Å². The van der Waals surface area contributed by atoms with E-state index in [4.69, 9.17) is 16.3 Å². The van der Waals surface area contributed by atoms with E-state index in [0.717, 1.165) is 5.56 Å². The molecule has 2 aromatic carbocycles. The highest BCUT2D eigenvalue weighted by molar-refractivity contribution is 6.31. The smallest absolute Gasteiger partial charge is 0.271 e. The first-order chi connectivity index (χ1) is 11.4. The number of amides is 1. The summed E-state index contributed by atoms with van der Waals surface area (Å²) in [6.07, 6.45) is 1.46. The van der Waals surface area contributed by atoms with Crippen LogP contribution in [-0.4, -0.2) is 22.8 Å². The number of aliphatic hydroxyl groups is 1. The van der Waals surface area contributed by atoms with Gasteiger partial charge in [-0.3, -0.25) is 4.79 Å². The lowest BCUT2D eigenvalue weighted by Gasteiger charge is -2.13. The largest absolute Gasteiger partial charge is 0.488 e. The van der Waals surface area contributed by atoms with Crippen molar-refractivity contribution in [2.24, 2.45) is 5.10 Å². The Morgan fingerprint density at radius 2 is 1.92 bits per heavy atom. The van der Waals surface area contributed by atoms with Crippen LogP contribution in [0.25, 0.3) is 0 Å². The Kier molecular flexibility index (Phi) is 5.95. The van der Waals surface area contributed by atoms with Crippen LogP contribution in [-0.2, 0) is 11.4 Å². The number of rotatable bonds is 6. The third kappa shape index (κ3) is 5.08. The van der Waals surface area contributed by atoms with Gasteiger partial charge >= 0.3 is 0 Å². The molecule has 0 saturated carbocycles. The third-order valence-corrected chi connectivity index (χ3v) is 3.55. The lowest BCUT2D eigenvalue weighted by atomic mass is 10.1. The summed E-state index contributed by atoms with van der Waals surface area (Å²) < 4.78 is 5.79. The van der Waals surface area contributed by atoms with Crippen molar-refractivity contribution in [1.29, 1.82) is 0 Å². The molecule has 0 aliphatic heterocycles. The summed E-state index contributed by atoms with van der Waals surface area (Å²) in [7, 11) is 0. The molecule has 0 aromatic heterocycles. The number of hydrogen-bond acceptors (Lipinski definition) is 4. The molecule has 2 rings (SSSR count). The fraction of sp³-hybridized carbons (Fsp3) is 0.222. The zero-order chi connectivity index (χ0) is 17.6. The fourth-order valence-corrected chi connectivity index (χ4v) is 1.98. The first kappa shape index (κ1) is 18.0. The minimum Gasteiger partial charge on any atom is -0.488 e. The Balaban J connectivity index is 2.05. The number of nitrogens with zero attached hydrogens (tertiary/aromatic N) is 1. The number of carbonyl (C=O) groups excluding carboxylic acids is 1. The van der Waals surface area contributed by atoms with E-state index >= 15 is 0 Å². The highest BCUT2D eigenvalue weighted by Gasteiger charge is 2.22. The predicted octanol–water partition coefficient (Wildman–Crippen LogP) is 3.14. The molecule has 2 aromatic rings. The molecule has 0 saturated heterocycles. The van der Waals surface area contributed by atoms with Crippen molar-refractivity contribution in [2.45, 2.75) is 26.1 Å². The molecule has 24 heavy (non-hydrogen) atoms. The van der Waals surface area contributed by atoms with Gasteiger partial charge in [0.05, 0.1) is 6.21 Å². The molecule has 6 heteroatoms. The van der Waals surface area contributed by atoms with Crippen LogP contribution in [0.2, 0.25) is 5.02 Å². The van der Waals surface area contributed by atoms with Crippen LogP contribution in [0.4, 0.5) is 0 Å². The Morgan fingerprint density at radius 1 is 1.25 bits per heavy atom. The number of halogens is 1. The van der Waals surface area contributed by atoms with Gasteiger partial charge in [-0.25, -0.2) is 5.43 Å². The molecule has 0 unspecified atom stereocenters. The second-order valence-electron chi connectivity index (χ2n) is 5.68. The Hall–Kier alpha value is -2.37. The maximum atomic E-state index is 11.6. The summed E-state index contributed by atoms with van der Waals surface area (Å²) in [6.45, 7) is 3.09. The van der Waals surface area contributed by atoms with Gasteiger partial charge in [0.25, 0.3) is 5.91 Å². The van der Waals surface area contributed by atoms with Gasteiger partial charge in [0.15, 0.2) is 0 Å². The molecule has 0 fully saturated rings. The van der Waals surface area contributed by atoms with Gasteiger partial charge in [-0.15, -0.1) is 0 Å². The van der Waals surface area contributed by atoms with Crippen molar-refractivity contribution in [3.05, 3.63) is 64.7 Å². The van der Waals surface area contributed by atoms with Crippen molar-refractivity contribution < 1.29 is 14.6 Å². The van der Waals surface area contributed by atoms with Crippen LogP contribution in [0.15, 0.2) is 53.6 Å². The molecule has 0 radical (unpaired) electrons. The van der Waals surface area contributed by atoms with Crippen LogP contribution >= 0.6 is 11.6 Å². The lowest BCUT2D eigenvalue weighted by Crippen LogP contribution is -2.39. The quantitative estimate of drug-likeness (QED) is 0.623. The average molecular weight is 347 g/mol. The molecule has 0 heterocycles. The molecular weight excluding hydrogens is 328 g/mol. The van der Waals surface area contributed by atoms with Gasteiger partial charge in [0.2, 0.25) is 0 Å². The van der Waals surface area contributed by atoms with E-state index in [2.05, 4.69) is 10.5 Å². The minimum atomic E-state index is -1.49. The second-order valence-corrected chi connectivity index (χ2v) is 6.08. The van der Waals surface area contributed by atoms with Crippen molar-refractivity contribution in [3.63, 3.8) is 0 Å². The first-order valence-corrected chi connectivity index (χ1v) is 7.77. The van der Waals surface area contributed by atoms with E-state index in [0.29, 0.717) is 22.9 Å². The third-order valence-electron chi connectivity index (χ3n) is 3.19. The highest BCUT2D eigenvalue weighted by Crippen LogP contribution is 2.20. The summed E-state index contributed by atoms with van der Waals surface area (Å²) in [5.74, 6) is 0.0203. The van der Waals surface area contributed by atoms with Crippen molar-refractivity contribution in [2.75, 3.05) is 0 Å². The molecular formula is C18H19ClN2O3. The van der Waals surface area contributed by atoms with Gasteiger partial charge < -0.3 is 9.84 Å². The Bertz CT molecular complexity index is 739. The monoisotopic (exact) mass is 346 g/mol. The maximum absolute atomic E-state index is 11.6. The topological polar surface area (TPSA) is 70.9 Å². The number of hydrogen-bond donors (Lipinski definition) is 2. The number of ether oxygens (including phenoxy) is 1. The number of benzene rings is 2. The maximum Gasteiger partial charge on any atom is 0.271 e. The second kappa shape index (κ2) is 7.95. The van der Waals surface area contributed by atoms with Crippen molar-refractivity contribution in [1.82, 2.24) is 5.43 Å². The molecule has 0 spiro atoms. The summed E-state index contributed by atoms with van der Waals surface area (Å²) in [4.78, 5) is 11.6. The molecule has 0 aliphatic rings. The molecule has 0 aliphatic carbocycles. The molecule has 0 atom stereocenters. The predicted molar refractivity (Wildman–Crippen MR) is 94.3 cm³/mol. The number of carbonyl (C=O) groups is 1. The van der Waals surface area contributed by atoms with Gasteiger partial charge in [0, 0.05) is 16.1 Å². The van der Waals surface area contributed by atoms with Gasteiger partial charge in [-0.2, -0.15) is 5.10 Å². The van der Waals surface area contributed by atoms with E-state index in [9.17, 15) is 9.90 Å². The van der Waals surface area contributed by atoms with Crippen LogP contribution in [0.5, 0.6) is 5.75 Å². The number of hydrazone groups is 1. The molecule has 1 amide bonds. The molecule has 5 nitrogen and oxygen atoms in total. The SMILES string of the molecule is CC(C)(O)C(=O)N/N=C\c1ccccc1OCc1ccccc1Cl. The number of para-hydroxylation sites is 1. The van der Waals surface area contributed by atoms with Crippen LogP contribution in [0, 0.1) is 0 Å². The molecule has 126 valence electrons. The van der Waals surface area contributed by atoms with E-state index < -0.39 is 11.5 Å². The summed E-state index contributed by atoms with van der Waals surface area (Å²) >= 11 is 6.11. The van der Waals surface area contributed by atoms with Gasteiger partial charge in [-0.05, 0) is 32.0 Å². The standard InChI is InChI=1S/C18H19ClN2O3/c1-18(2,23)17(22)21-20-11-13-7-4-6-10-16(13)24-12-14-8-3-5-9-15(14)19/h3-11,23H,12H2,1-2H3,(H,21,22)/b20-11-. The first-order valence-electron chi connectivity index (χ1n) is 7.39. The summed E-state index contributed by atoms with van der Waals surface area (Å²) in [5, 5.41) is 14.0. The molecule has 0 bridgehead atoms. The Morgan fingerprint density at radius 3 is 2.62 bits per heavy atom. The van der Waals surface area contributed by atoms with Gasteiger partial charge in [0.1, 0.15) is 18.0 Å². The zero-order valence-electron chi connectivity index (χ0n) is 13.5. The van der Waals surface area contributed by atoms with Gasteiger partial charge in [-0.1, -0.05) is 41.9 Å². The summed E-state index contributed by atoms with van der Waals surface area (Å²) in [6, 6.07) is 14.7. The van der Waals surface area contributed by atoms with E-state index in [-0.39, 0.29) is 0 Å². The van der Waals surface area contributed by atoms with Crippen molar-refractivity contribution in [3.8, 4) is 5.75 Å². The normalized spacial score (nSPS) is 11.5. The highest BCUT2D eigenvalue weighted by atomic mass is 35.5.